The van der Waals surface area contributed by atoms with E-state index in [1.54, 1.807) is 6.07 Å². The Labute approximate surface area is 161 Å². The zero-order valence-corrected chi connectivity index (χ0v) is 15.7. The van der Waals surface area contributed by atoms with Gasteiger partial charge >= 0.3 is 12.3 Å². The molecule has 1 aliphatic rings. The first kappa shape index (κ1) is 21.5. The Morgan fingerprint density at radius 2 is 2.07 bits per heavy atom. The maximum atomic E-state index is 12.4. The van der Waals surface area contributed by atoms with Gasteiger partial charge < -0.3 is 15.2 Å². The van der Waals surface area contributed by atoms with Gasteiger partial charge in [-0.25, -0.2) is 4.79 Å². The molecule has 3 rings (SSSR count). The van der Waals surface area contributed by atoms with Crippen molar-refractivity contribution in [2.24, 2.45) is 0 Å². The van der Waals surface area contributed by atoms with E-state index in [9.17, 15) is 23.1 Å². The van der Waals surface area contributed by atoms with Crippen LogP contribution in [0.3, 0.4) is 0 Å². The Morgan fingerprint density at radius 1 is 1.32 bits per heavy atom. The van der Waals surface area contributed by atoms with Crippen molar-refractivity contribution in [3.63, 3.8) is 0 Å². The van der Waals surface area contributed by atoms with Gasteiger partial charge in [0.2, 0.25) is 0 Å². The highest BCUT2D eigenvalue weighted by atomic mass is 19.4. The van der Waals surface area contributed by atoms with Crippen molar-refractivity contribution in [1.82, 2.24) is 4.98 Å². The molecule has 28 heavy (non-hydrogen) atoms. The number of rotatable bonds is 5. The van der Waals surface area contributed by atoms with Gasteiger partial charge in [-0.3, -0.25) is 4.98 Å². The Balaban J connectivity index is 0.00000136. The van der Waals surface area contributed by atoms with Crippen LogP contribution in [0.4, 0.5) is 18.9 Å². The number of ether oxygens (including phenoxy) is 1. The molecular weight excluding hydrogens is 373 g/mol. The fraction of sp³-hybridized carbons (Fsp3) is 0.400. The zero-order valence-electron chi connectivity index (χ0n) is 15.7. The average molecular weight is 396 g/mol. The molecule has 0 radical (unpaired) electrons. The molecule has 0 amide bonds. The minimum atomic E-state index is -4.71. The van der Waals surface area contributed by atoms with Crippen LogP contribution in [-0.2, 0) is 6.42 Å². The standard InChI is InChI=1S/C18H17F3N2O3.C2H6/c19-18(20,21)26-13-4-5-14-11(8-13)2-1-3-12(14)9-23-16-10-22-7-6-15(16)17(24)25;1-2/h4-8,10,12,23H,1-3,9H2,(H,24,25);1-2H3. The van der Waals surface area contributed by atoms with E-state index in [0.29, 0.717) is 18.7 Å². The number of alkyl halides is 3. The molecule has 1 aliphatic carbocycles. The second kappa shape index (κ2) is 9.43. The molecule has 0 aliphatic heterocycles. The average Bonchev–Trinajstić information content (AvgIpc) is 2.66. The largest absolute Gasteiger partial charge is 0.573 e. The molecular formula is C20H23F3N2O3. The normalized spacial score (nSPS) is 15.7. The molecule has 1 atom stereocenters. The van der Waals surface area contributed by atoms with Crippen molar-refractivity contribution < 1.29 is 27.8 Å². The third kappa shape index (κ3) is 5.61. The summed E-state index contributed by atoms with van der Waals surface area (Å²) in [7, 11) is 0. The highest BCUT2D eigenvalue weighted by Gasteiger charge is 2.31. The Morgan fingerprint density at radius 3 is 2.75 bits per heavy atom. The highest BCUT2D eigenvalue weighted by Crippen LogP contribution is 2.35. The van der Waals surface area contributed by atoms with Gasteiger partial charge in [0.25, 0.3) is 0 Å². The minimum absolute atomic E-state index is 0.0699. The lowest BCUT2D eigenvalue weighted by Gasteiger charge is -2.27. The van der Waals surface area contributed by atoms with Gasteiger partial charge in [0.1, 0.15) is 5.75 Å². The van der Waals surface area contributed by atoms with Crippen LogP contribution in [0, 0.1) is 0 Å². The second-order valence-electron chi connectivity index (χ2n) is 6.10. The first-order valence-corrected chi connectivity index (χ1v) is 9.13. The van der Waals surface area contributed by atoms with Crippen LogP contribution in [0.25, 0.3) is 0 Å². The van der Waals surface area contributed by atoms with Gasteiger partial charge in [0.05, 0.1) is 17.4 Å². The number of aromatic nitrogens is 1. The van der Waals surface area contributed by atoms with Gasteiger partial charge in [-0.1, -0.05) is 19.9 Å². The van der Waals surface area contributed by atoms with E-state index >= 15 is 0 Å². The molecule has 1 heterocycles. The fourth-order valence-corrected chi connectivity index (χ4v) is 3.26. The van der Waals surface area contributed by atoms with Crippen LogP contribution in [0.2, 0.25) is 0 Å². The van der Waals surface area contributed by atoms with Gasteiger partial charge in [-0.2, -0.15) is 0 Å². The summed E-state index contributed by atoms with van der Waals surface area (Å²) in [6, 6.07) is 5.82. The molecule has 0 fully saturated rings. The lowest BCUT2D eigenvalue weighted by molar-refractivity contribution is -0.274. The summed E-state index contributed by atoms with van der Waals surface area (Å²) >= 11 is 0. The molecule has 0 saturated heterocycles. The second-order valence-corrected chi connectivity index (χ2v) is 6.10. The number of aryl methyl sites for hydroxylation is 1. The van der Waals surface area contributed by atoms with Crippen molar-refractivity contribution in [2.75, 3.05) is 11.9 Å². The van der Waals surface area contributed by atoms with Crippen molar-refractivity contribution >= 4 is 11.7 Å². The number of hydrogen-bond donors (Lipinski definition) is 2. The lowest BCUT2D eigenvalue weighted by Crippen LogP contribution is -2.20. The molecule has 1 unspecified atom stereocenters. The number of carboxylic acids is 1. The third-order valence-corrected chi connectivity index (χ3v) is 4.38. The number of hydrogen-bond acceptors (Lipinski definition) is 4. The van der Waals surface area contributed by atoms with Crippen LogP contribution >= 0.6 is 0 Å². The van der Waals surface area contributed by atoms with Gasteiger partial charge in [0.15, 0.2) is 0 Å². The number of carboxylic acid groups (broad SMARTS) is 1. The van der Waals surface area contributed by atoms with E-state index in [4.69, 9.17) is 0 Å². The highest BCUT2D eigenvalue weighted by molar-refractivity contribution is 5.93. The first-order valence-electron chi connectivity index (χ1n) is 9.13. The predicted molar refractivity (Wildman–Crippen MR) is 99.8 cm³/mol. The third-order valence-electron chi connectivity index (χ3n) is 4.38. The summed E-state index contributed by atoms with van der Waals surface area (Å²) in [5, 5.41) is 12.3. The summed E-state index contributed by atoms with van der Waals surface area (Å²) in [5.74, 6) is -1.20. The van der Waals surface area contributed by atoms with Crippen LogP contribution in [0.5, 0.6) is 5.75 Å². The zero-order chi connectivity index (χ0) is 20.7. The molecule has 2 N–H and O–H groups in total. The molecule has 8 heteroatoms. The van der Waals surface area contributed by atoms with E-state index in [1.807, 2.05) is 13.8 Å². The van der Waals surface area contributed by atoms with E-state index in [0.717, 1.165) is 24.0 Å². The summed E-state index contributed by atoms with van der Waals surface area (Å²) < 4.78 is 41.1. The number of anilines is 1. The molecule has 2 aromatic rings. The number of pyridine rings is 1. The predicted octanol–water partition coefficient (Wildman–Crippen LogP) is 5.24. The molecule has 1 aromatic carbocycles. The van der Waals surface area contributed by atoms with E-state index < -0.39 is 12.3 Å². The summed E-state index contributed by atoms with van der Waals surface area (Å²) in [6.45, 7) is 4.47. The minimum Gasteiger partial charge on any atom is -0.478 e. The smallest absolute Gasteiger partial charge is 0.478 e. The SMILES string of the molecule is CC.O=C(O)c1ccncc1NCC1CCCc2cc(OC(F)(F)F)ccc21. The number of nitrogens with one attached hydrogen (secondary N) is 1. The number of carbonyl (C=O) groups is 1. The Bertz CT molecular complexity index is 810. The topological polar surface area (TPSA) is 71.5 Å². The van der Waals surface area contributed by atoms with Gasteiger partial charge in [-0.05, 0) is 48.6 Å². The summed E-state index contributed by atoms with van der Waals surface area (Å²) in [4.78, 5) is 15.2. The van der Waals surface area contributed by atoms with E-state index in [1.165, 1.54) is 30.6 Å². The number of fused-ring (bicyclic) bond motifs is 1. The van der Waals surface area contributed by atoms with Crippen LogP contribution in [0.1, 0.15) is 54.1 Å². The number of benzene rings is 1. The number of nitrogens with zero attached hydrogens (tertiary/aromatic N) is 1. The van der Waals surface area contributed by atoms with Gasteiger partial charge in [0, 0.05) is 18.7 Å². The van der Waals surface area contributed by atoms with Crippen LogP contribution in [0.15, 0.2) is 36.7 Å². The Kier molecular flexibility index (Phi) is 7.25. The number of aromatic carboxylic acids is 1. The Hall–Kier alpha value is -2.77. The van der Waals surface area contributed by atoms with Crippen molar-refractivity contribution in [2.45, 2.75) is 45.4 Å². The molecule has 0 spiro atoms. The quantitative estimate of drug-likeness (QED) is 0.724. The molecule has 0 saturated carbocycles. The number of halogens is 3. The van der Waals surface area contributed by atoms with E-state index in [-0.39, 0.29) is 17.2 Å². The fourth-order valence-electron chi connectivity index (χ4n) is 3.26. The summed E-state index contributed by atoms with van der Waals surface area (Å²) in [5.41, 5.74) is 2.34. The monoisotopic (exact) mass is 396 g/mol. The molecule has 152 valence electrons. The lowest BCUT2D eigenvalue weighted by atomic mass is 9.82. The summed E-state index contributed by atoms with van der Waals surface area (Å²) in [6.07, 6.45) is 0.543. The molecule has 1 aromatic heterocycles. The maximum Gasteiger partial charge on any atom is 0.573 e. The van der Waals surface area contributed by atoms with Crippen LogP contribution in [-0.4, -0.2) is 29.0 Å². The maximum absolute atomic E-state index is 12.4. The van der Waals surface area contributed by atoms with Crippen LogP contribution < -0.4 is 10.1 Å². The first-order chi connectivity index (χ1) is 13.3. The van der Waals surface area contributed by atoms with Crippen molar-refractivity contribution in [1.29, 1.82) is 0 Å². The molecule has 0 bridgehead atoms. The molecule has 5 nitrogen and oxygen atoms in total. The van der Waals surface area contributed by atoms with Crippen molar-refractivity contribution in [3.05, 3.63) is 53.3 Å². The van der Waals surface area contributed by atoms with E-state index in [2.05, 4.69) is 15.0 Å². The van der Waals surface area contributed by atoms with Gasteiger partial charge in [-0.15, -0.1) is 13.2 Å². The van der Waals surface area contributed by atoms with Crippen molar-refractivity contribution in [3.8, 4) is 5.75 Å².